The van der Waals surface area contributed by atoms with Gasteiger partial charge < -0.3 is 10.4 Å². The number of hydrogen-bond acceptors (Lipinski definition) is 4. The van der Waals surface area contributed by atoms with Gasteiger partial charge in [0, 0.05) is 6.04 Å². The van der Waals surface area contributed by atoms with Crippen molar-refractivity contribution in [1.29, 1.82) is 0 Å². The number of carboxylic acids is 1. The van der Waals surface area contributed by atoms with Crippen molar-refractivity contribution in [2.75, 3.05) is 13.1 Å². The van der Waals surface area contributed by atoms with Crippen LogP contribution in [0, 0.1) is 0 Å². The number of benzene rings is 1. The van der Waals surface area contributed by atoms with E-state index in [0.29, 0.717) is 0 Å². The minimum Gasteiger partial charge on any atom is -0.478 e. The molecule has 1 aromatic carbocycles. The second kappa shape index (κ2) is 5.68. The maximum absolute atomic E-state index is 12.1. The van der Waals surface area contributed by atoms with Crippen LogP contribution in [-0.2, 0) is 10.0 Å². The molecule has 0 radical (unpaired) electrons. The molecule has 1 aliphatic rings. The first kappa shape index (κ1) is 14.0. The molecule has 1 fully saturated rings. The molecule has 2 rings (SSSR count). The van der Waals surface area contributed by atoms with Crippen molar-refractivity contribution in [3.63, 3.8) is 0 Å². The summed E-state index contributed by atoms with van der Waals surface area (Å²) in [6.45, 7) is 1.59. The lowest BCUT2D eigenvalue weighted by atomic mass is 10.1. The smallest absolute Gasteiger partial charge is 0.335 e. The molecule has 19 heavy (non-hydrogen) atoms. The summed E-state index contributed by atoms with van der Waals surface area (Å²) in [5.74, 6) is -1.07. The molecule has 0 atom stereocenters. The standard InChI is InChI=1S/C12H16N2O4S/c15-12(16)9-1-3-11(4-2-9)19(17,18)14-10-5-7-13-8-6-10/h1-4,10,13-14H,5-8H2,(H,15,16). The number of rotatable bonds is 4. The molecule has 1 aliphatic heterocycles. The van der Waals surface area contributed by atoms with E-state index in [1.807, 2.05) is 0 Å². The first-order valence-corrected chi connectivity index (χ1v) is 7.54. The summed E-state index contributed by atoms with van der Waals surface area (Å²) in [6.07, 6.45) is 1.51. The van der Waals surface area contributed by atoms with Gasteiger partial charge >= 0.3 is 5.97 Å². The van der Waals surface area contributed by atoms with E-state index in [4.69, 9.17) is 5.11 Å². The monoisotopic (exact) mass is 284 g/mol. The first-order chi connectivity index (χ1) is 8.99. The molecule has 0 bridgehead atoms. The number of sulfonamides is 1. The number of piperidine rings is 1. The Bertz CT molecular complexity index is 548. The third kappa shape index (κ3) is 3.52. The summed E-state index contributed by atoms with van der Waals surface area (Å²) in [5.41, 5.74) is 0.0702. The Balaban J connectivity index is 2.12. The maximum Gasteiger partial charge on any atom is 0.335 e. The molecule has 1 aromatic rings. The summed E-state index contributed by atoms with van der Waals surface area (Å²) in [7, 11) is -3.57. The van der Waals surface area contributed by atoms with Crippen molar-refractivity contribution >= 4 is 16.0 Å². The molecule has 0 aromatic heterocycles. The third-order valence-electron chi connectivity index (χ3n) is 3.07. The van der Waals surface area contributed by atoms with Gasteiger partial charge in [0.2, 0.25) is 10.0 Å². The highest BCUT2D eigenvalue weighted by Crippen LogP contribution is 2.13. The molecule has 0 saturated carbocycles. The highest BCUT2D eigenvalue weighted by molar-refractivity contribution is 7.89. The van der Waals surface area contributed by atoms with Gasteiger partial charge in [-0.3, -0.25) is 0 Å². The molecule has 1 heterocycles. The zero-order valence-electron chi connectivity index (χ0n) is 10.3. The molecule has 7 heteroatoms. The van der Waals surface area contributed by atoms with Gasteiger partial charge in [0.25, 0.3) is 0 Å². The lowest BCUT2D eigenvalue weighted by molar-refractivity contribution is 0.0696. The van der Waals surface area contributed by atoms with Crippen molar-refractivity contribution in [2.45, 2.75) is 23.8 Å². The fraction of sp³-hybridized carbons (Fsp3) is 0.417. The molecule has 0 amide bonds. The van der Waals surface area contributed by atoms with E-state index >= 15 is 0 Å². The zero-order chi connectivity index (χ0) is 13.9. The van der Waals surface area contributed by atoms with E-state index < -0.39 is 16.0 Å². The van der Waals surface area contributed by atoms with E-state index in [1.165, 1.54) is 24.3 Å². The molecule has 6 nitrogen and oxygen atoms in total. The predicted molar refractivity (Wildman–Crippen MR) is 69.6 cm³/mol. The average Bonchev–Trinajstić information content (AvgIpc) is 2.39. The minimum atomic E-state index is -3.57. The molecule has 3 N–H and O–H groups in total. The molecular weight excluding hydrogens is 268 g/mol. The molecule has 0 spiro atoms. The van der Waals surface area contributed by atoms with Crippen molar-refractivity contribution in [3.8, 4) is 0 Å². The van der Waals surface area contributed by atoms with Crippen molar-refractivity contribution in [2.24, 2.45) is 0 Å². The Morgan fingerprint density at radius 3 is 2.32 bits per heavy atom. The van der Waals surface area contributed by atoms with E-state index in [1.54, 1.807) is 0 Å². The van der Waals surface area contributed by atoms with Crippen molar-refractivity contribution in [1.82, 2.24) is 10.0 Å². The zero-order valence-corrected chi connectivity index (χ0v) is 11.1. The average molecular weight is 284 g/mol. The quantitative estimate of drug-likeness (QED) is 0.744. The van der Waals surface area contributed by atoms with Crippen molar-refractivity contribution < 1.29 is 18.3 Å². The minimum absolute atomic E-state index is 0.0644. The Morgan fingerprint density at radius 2 is 1.79 bits per heavy atom. The highest BCUT2D eigenvalue weighted by Gasteiger charge is 2.21. The summed E-state index contributed by atoms with van der Waals surface area (Å²) in [5, 5.41) is 11.9. The number of carbonyl (C=O) groups is 1. The molecule has 0 unspecified atom stereocenters. The summed E-state index contributed by atoms with van der Waals surface area (Å²) < 4.78 is 26.9. The third-order valence-corrected chi connectivity index (χ3v) is 4.61. The number of aromatic carboxylic acids is 1. The topological polar surface area (TPSA) is 95.5 Å². The van der Waals surface area contributed by atoms with Crippen LogP contribution in [0.3, 0.4) is 0 Å². The lowest BCUT2D eigenvalue weighted by Crippen LogP contribution is -2.42. The van der Waals surface area contributed by atoms with Crippen LogP contribution >= 0.6 is 0 Å². The molecule has 0 aliphatic carbocycles. The van der Waals surface area contributed by atoms with Crippen LogP contribution in [-0.4, -0.2) is 38.6 Å². The Kier molecular flexibility index (Phi) is 4.18. The Labute approximate surface area is 111 Å². The lowest BCUT2D eigenvalue weighted by Gasteiger charge is -2.23. The van der Waals surface area contributed by atoms with Gasteiger partial charge in [-0.05, 0) is 50.2 Å². The fourth-order valence-electron chi connectivity index (χ4n) is 2.00. The normalized spacial score (nSPS) is 17.3. The van der Waals surface area contributed by atoms with Crippen LogP contribution in [0.5, 0.6) is 0 Å². The number of nitrogens with one attached hydrogen (secondary N) is 2. The van der Waals surface area contributed by atoms with Gasteiger partial charge in [-0.1, -0.05) is 0 Å². The van der Waals surface area contributed by atoms with Gasteiger partial charge in [0.15, 0.2) is 0 Å². The molecule has 1 saturated heterocycles. The Morgan fingerprint density at radius 1 is 1.21 bits per heavy atom. The number of hydrogen-bond donors (Lipinski definition) is 3. The van der Waals surface area contributed by atoms with E-state index in [9.17, 15) is 13.2 Å². The SMILES string of the molecule is O=C(O)c1ccc(S(=O)(=O)NC2CCNCC2)cc1. The van der Waals surface area contributed by atoms with Gasteiger partial charge in [0.1, 0.15) is 0 Å². The maximum atomic E-state index is 12.1. The predicted octanol–water partition coefficient (Wildman–Crippen LogP) is 0.415. The number of carboxylic acid groups (broad SMARTS) is 1. The van der Waals surface area contributed by atoms with E-state index in [2.05, 4.69) is 10.0 Å². The van der Waals surface area contributed by atoms with Crippen LogP contribution in [0.2, 0.25) is 0 Å². The first-order valence-electron chi connectivity index (χ1n) is 6.05. The van der Waals surface area contributed by atoms with Crippen molar-refractivity contribution in [3.05, 3.63) is 29.8 Å². The summed E-state index contributed by atoms with van der Waals surface area (Å²) >= 11 is 0. The van der Waals surface area contributed by atoms with Gasteiger partial charge in [-0.25, -0.2) is 17.9 Å². The summed E-state index contributed by atoms with van der Waals surface area (Å²) in [6, 6.07) is 5.14. The second-order valence-corrected chi connectivity index (χ2v) is 6.19. The van der Waals surface area contributed by atoms with Crippen LogP contribution in [0.4, 0.5) is 0 Å². The summed E-state index contributed by atoms with van der Waals surface area (Å²) in [4.78, 5) is 10.8. The highest BCUT2D eigenvalue weighted by atomic mass is 32.2. The molecule has 104 valence electrons. The van der Waals surface area contributed by atoms with Crippen LogP contribution in [0.15, 0.2) is 29.2 Å². The van der Waals surface area contributed by atoms with Crippen LogP contribution in [0.25, 0.3) is 0 Å². The second-order valence-electron chi connectivity index (χ2n) is 4.48. The molecular formula is C12H16N2O4S. The fourth-order valence-corrected chi connectivity index (χ4v) is 3.31. The largest absolute Gasteiger partial charge is 0.478 e. The van der Waals surface area contributed by atoms with Crippen LogP contribution in [0.1, 0.15) is 23.2 Å². The van der Waals surface area contributed by atoms with Gasteiger partial charge in [0.05, 0.1) is 10.5 Å². The van der Waals surface area contributed by atoms with E-state index in [0.717, 1.165) is 25.9 Å². The van der Waals surface area contributed by atoms with Crippen LogP contribution < -0.4 is 10.0 Å². The van der Waals surface area contributed by atoms with Gasteiger partial charge in [-0.2, -0.15) is 0 Å². The Hall–Kier alpha value is -1.44. The van der Waals surface area contributed by atoms with Gasteiger partial charge in [-0.15, -0.1) is 0 Å². The van der Waals surface area contributed by atoms with E-state index in [-0.39, 0.29) is 16.5 Å².